The second-order valence-electron chi connectivity index (χ2n) is 5.87. The number of hydrogen-bond donors (Lipinski definition) is 3. The number of carbonyl (C=O) groups is 1. The van der Waals surface area contributed by atoms with Gasteiger partial charge in [0.2, 0.25) is 0 Å². The number of halogens is 3. The number of nitrogens with one attached hydrogen (secondary N) is 2. The molecule has 0 radical (unpaired) electrons. The number of aliphatic hydroxyl groups excluding tert-OH is 1. The zero-order chi connectivity index (χ0) is 17.7. The second kappa shape index (κ2) is 7.69. The predicted molar refractivity (Wildman–Crippen MR) is 82.7 cm³/mol. The van der Waals surface area contributed by atoms with Gasteiger partial charge in [0, 0.05) is 31.9 Å². The van der Waals surface area contributed by atoms with Gasteiger partial charge in [0.1, 0.15) is 5.82 Å². The first-order valence-electron chi connectivity index (χ1n) is 7.76. The predicted octanol–water partition coefficient (Wildman–Crippen LogP) is 1.75. The summed E-state index contributed by atoms with van der Waals surface area (Å²) >= 11 is 0. The van der Waals surface area contributed by atoms with Crippen molar-refractivity contribution >= 4 is 11.8 Å². The van der Waals surface area contributed by atoms with Crippen molar-refractivity contribution < 1.29 is 23.1 Å². The fraction of sp³-hybridized carbons (Fsp3) is 0.600. The van der Waals surface area contributed by atoms with Crippen LogP contribution in [0.3, 0.4) is 0 Å². The first kappa shape index (κ1) is 18.3. The summed E-state index contributed by atoms with van der Waals surface area (Å²) in [4.78, 5) is 17.4. The van der Waals surface area contributed by atoms with Crippen LogP contribution in [0.5, 0.6) is 0 Å². The Labute approximate surface area is 138 Å². The highest BCUT2D eigenvalue weighted by Gasteiger charge is 2.31. The van der Waals surface area contributed by atoms with E-state index in [1.807, 2.05) is 4.90 Å². The molecule has 0 bridgehead atoms. The molecule has 1 fully saturated rings. The molecule has 6 nitrogen and oxygen atoms in total. The van der Waals surface area contributed by atoms with Gasteiger partial charge in [-0.15, -0.1) is 0 Å². The van der Waals surface area contributed by atoms with E-state index in [0.717, 1.165) is 12.3 Å². The smallest absolute Gasteiger partial charge is 0.392 e. The highest BCUT2D eigenvalue weighted by atomic mass is 19.4. The topological polar surface area (TPSA) is 77.5 Å². The molecule has 1 aromatic heterocycles. The molecule has 0 spiro atoms. The molecule has 0 saturated carbocycles. The fourth-order valence-electron chi connectivity index (χ4n) is 2.47. The number of rotatable bonds is 4. The molecule has 1 aliphatic heterocycles. The Balaban J connectivity index is 1.81. The number of aliphatic hydroxyl groups is 1. The van der Waals surface area contributed by atoms with E-state index in [1.54, 1.807) is 6.92 Å². The van der Waals surface area contributed by atoms with Crippen LogP contribution in [0, 0.1) is 0 Å². The van der Waals surface area contributed by atoms with Gasteiger partial charge in [0.15, 0.2) is 0 Å². The van der Waals surface area contributed by atoms with Gasteiger partial charge >= 0.3 is 12.2 Å². The van der Waals surface area contributed by atoms with E-state index >= 15 is 0 Å². The standard InChI is InChI=1S/C15H21F3N4O2/c1-10(23)8-20-14(24)21-12-4-6-22(7-5-12)13-3-2-11(9-19-13)15(16,17)18/h2-3,9-10,12,23H,4-8H2,1H3,(H2,20,21,24)/t10-/m1/s1. The molecule has 9 heteroatoms. The van der Waals surface area contributed by atoms with Crippen molar-refractivity contribution in [3.63, 3.8) is 0 Å². The van der Waals surface area contributed by atoms with Crippen LogP contribution >= 0.6 is 0 Å². The molecule has 2 heterocycles. The molecule has 2 amide bonds. The number of nitrogens with zero attached hydrogens (tertiary/aromatic N) is 2. The lowest BCUT2D eigenvalue weighted by Crippen LogP contribution is -2.49. The van der Waals surface area contributed by atoms with Crippen molar-refractivity contribution in [1.29, 1.82) is 0 Å². The SMILES string of the molecule is C[C@@H](O)CNC(=O)NC1CCN(c2ccc(C(F)(F)F)cn2)CC1. The van der Waals surface area contributed by atoms with Crippen LogP contribution in [0.25, 0.3) is 0 Å². The molecule has 1 atom stereocenters. The number of aromatic nitrogens is 1. The minimum Gasteiger partial charge on any atom is -0.392 e. The Bertz CT molecular complexity index is 541. The van der Waals surface area contributed by atoms with Gasteiger partial charge in [-0.25, -0.2) is 9.78 Å². The molecule has 1 saturated heterocycles. The van der Waals surface area contributed by atoms with E-state index in [-0.39, 0.29) is 18.6 Å². The summed E-state index contributed by atoms with van der Waals surface area (Å²) in [6.45, 7) is 2.95. The minimum absolute atomic E-state index is 0.00954. The van der Waals surface area contributed by atoms with Crippen LogP contribution in [-0.4, -0.2) is 47.9 Å². The van der Waals surface area contributed by atoms with Crippen molar-refractivity contribution in [2.24, 2.45) is 0 Å². The first-order valence-corrected chi connectivity index (χ1v) is 7.76. The maximum absolute atomic E-state index is 12.5. The largest absolute Gasteiger partial charge is 0.417 e. The van der Waals surface area contributed by atoms with E-state index in [1.165, 1.54) is 6.07 Å². The van der Waals surface area contributed by atoms with Crippen LogP contribution in [0.1, 0.15) is 25.3 Å². The van der Waals surface area contributed by atoms with Crippen LogP contribution in [-0.2, 0) is 6.18 Å². The number of anilines is 1. The highest BCUT2D eigenvalue weighted by Crippen LogP contribution is 2.29. The maximum Gasteiger partial charge on any atom is 0.417 e. The van der Waals surface area contributed by atoms with Gasteiger partial charge in [-0.05, 0) is 31.9 Å². The Hall–Kier alpha value is -2.03. The average Bonchev–Trinajstić information content (AvgIpc) is 2.53. The summed E-state index contributed by atoms with van der Waals surface area (Å²) < 4.78 is 37.6. The Kier molecular flexibility index (Phi) is 5.87. The molecule has 0 aromatic carbocycles. The summed E-state index contributed by atoms with van der Waals surface area (Å²) in [5.74, 6) is 0.500. The van der Waals surface area contributed by atoms with Gasteiger partial charge in [-0.3, -0.25) is 0 Å². The number of pyridine rings is 1. The lowest BCUT2D eigenvalue weighted by Gasteiger charge is -2.33. The Morgan fingerprint density at radius 3 is 2.58 bits per heavy atom. The summed E-state index contributed by atoms with van der Waals surface area (Å²) in [6.07, 6.45) is -2.82. The average molecular weight is 346 g/mol. The number of amides is 2. The normalized spacial score (nSPS) is 17.5. The van der Waals surface area contributed by atoms with Gasteiger partial charge in [0.05, 0.1) is 11.7 Å². The summed E-state index contributed by atoms with van der Waals surface area (Å²) in [5, 5.41) is 14.5. The van der Waals surface area contributed by atoms with Crippen molar-refractivity contribution in [1.82, 2.24) is 15.6 Å². The molecular weight excluding hydrogens is 325 g/mol. The molecular formula is C15H21F3N4O2. The summed E-state index contributed by atoms with van der Waals surface area (Å²) in [7, 11) is 0. The summed E-state index contributed by atoms with van der Waals surface area (Å²) in [6, 6.07) is 2.05. The van der Waals surface area contributed by atoms with Crippen LogP contribution in [0.4, 0.5) is 23.8 Å². The molecule has 1 aromatic rings. The van der Waals surface area contributed by atoms with Crippen LogP contribution in [0.15, 0.2) is 18.3 Å². The van der Waals surface area contributed by atoms with Gasteiger partial charge in [-0.1, -0.05) is 0 Å². The second-order valence-corrected chi connectivity index (χ2v) is 5.87. The van der Waals surface area contributed by atoms with Crippen LogP contribution < -0.4 is 15.5 Å². The third-order valence-corrected chi connectivity index (χ3v) is 3.79. The third kappa shape index (κ3) is 5.26. The molecule has 0 unspecified atom stereocenters. The number of urea groups is 1. The van der Waals surface area contributed by atoms with Crippen molar-refractivity contribution in [2.45, 2.75) is 38.1 Å². The zero-order valence-corrected chi connectivity index (χ0v) is 13.3. The number of piperidine rings is 1. The maximum atomic E-state index is 12.5. The van der Waals surface area contributed by atoms with E-state index in [9.17, 15) is 18.0 Å². The van der Waals surface area contributed by atoms with E-state index in [0.29, 0.717) is 31.7 Å². The Morgan fingerprint density at radius 2 is 2.08 bits per heavy atom. The molecule has 2 rings (SSSR count). The van der Waals surface area contributed by atoms with E-state index in [2.05, 4.69) is 15.6 Å². The molecule has 1 aliphatic rings. The first-order chi connectivity index (χ1) is 11.3. The van der Waals surface area contributed by atoms with Crippen molar-refractivity contribution in [3.8, 4) is 0 Å². The molecule has 3 N–H and O–H groups in total. The van der Waals surface area contributed by atoms with Crippen molar-refractivity contribution in [3.05, 3.63) is 23.9 Å². The van der Waals surface area contributed by atoms with Gasteiger partial charge in [0.25, 0.3) is 0 Å². The molecule has 0 aliphatic carbocycles. The lowest BCUT2D eigenvalue weighted by molar-refractivity contribution is -0.137. The monoisotopic (exact) mass is 346 g/mol. The number of alkyl halides is 3. The minimum atomic E-state index is -4.39. The van der Waals surface area contributed by atoms with E-state index in [4.69, 9.17) is 5.11 Å². The van der Waals surface area contributed by atoms with E-state index < -0.39 is 17.8 Å². The van der Waals surface area contributed by atoms with Crippen molar-refractivity contribution in [2.75, 3.05) is 24.5 Å². The summed E-state index contributed by atoms with van der Waals surface area (Å²) in [5.41, 5.74) is -0.766. The quantitative estimate of drug-likeness (QED) is 0.776. The molecule has 24 heavy (non-hydrogen) atoms. The van der Waals surface area contributed by atoms with Crippen LogP contribution in [0.2, 0.25) is 0 Å². The Morgan fingerprint density at radius 1 is 1.42 bits per heavy atom. The highest BCUT2D eigenvalue weighted by molar-refractivity contribution is 5.74. The number of hydrogen-bond acceptors (Lipinski definition) is 4. The number of carbonyl (C=O) groups excluding carboxylic acids is 1. The molecule has 134 valence electrons. The third-order valence-electron chi connectivity index (χ3n) is 3.79. The zero-order valence-electron chi connectivity index (χ0n) is 13.3. The lowest BCUT2D eigenvalue weighted by atomic mass is 10.1. The van der Waals surface area contributed by atoms with Gasteiger partial charge < -0.3 is 20.6 Å². The van der Waals surface area contributed by atoms with Gasteiger partial charge in [-0.2, -0.15) is 13.2 Å². The fourth-order valence-corrected chi connectivity index (χ4v) is 2.47.